The van der Waals surface area contributed by atoms with Crippen LogP contribution in [0.15, 0.2) is 54.9 Å². The fourth-order valence-electron chi connectivity index (χ4n) is 5.49. The van der Waals surface area contributed by atoms with Crippen LogP contribution < -0.4 is 10.9 Å². The first-order valence-corrected chi connectivity index (χ1v) is 19.9. The summed E-state index contributed by atoms with van der Waals surface area (Å²) in [6.07, 6.45) is 10.7. The quantitative estimate of drug-likeness (QED) is 0.0762. The molecule has 6 aromatic heterocycles. The Morgan fingerprint density at radius 1 is 0.604 bits per heavy atom. The fourth-order valence-corrected chi connectivity index (χ4v) is 9.35. The van der Waals surface area contributed by atoms with Gasteiger partial charge in [-0.05, 0) is 64.8 Å². The summed E-state index contributed by atoms with van der Waals surface area (Å²) >= 11 is 6.40. The second-order valence-corrected chi connectivity index (χ2v) is 16.2. The molecule has 6 rings (SSSR count). The highest BCUT2D eigenvalue weighted by atomic mass is 32.2. The van der Waals surface area contributed by atoms with E-state index in [1.165, 1.54) is 48.4 Å². The van der Waals surface area contributed by atoms with Gasteiger partial charge in [0.15, 0.2) is 18.7 Å². The number of aromatic nitrogens is 8. The Hall–Kier alpha value is -3.46. The van der Waals surface area contributed by atoms with E-state index in [4.69, 9.17) is 0 Å². The minimum Gasteiger partial charge on any atom is -0.332 e. The van der Waals surface area contributed by atoms with E-state index in [1.807, 2.05) is 73.5 Å². The molecule has 0 atom stereocenters. The summed E-state index contributed by atoms with van der Waals surface area (Å²) in [6.45, 7) is 9.41. The molecule has 0 spiro atoms. The van der Waals surface area contributed by atoms with Crippen molar-refractivity contribution in [3.8, 4) is 21.1 Å². The first kappa shape index (κ1) is 34.4. The van der Waals surface area contributed by atoms with E-state index in [0.717, 1.165) is 57.5 Å². The molecule has 0 bridgehead atoms. The van der Waals surface area contributed by atoms with Crippen molar-refractivity contribution in [3.05, 3.63) is 68.5 Å². The van der Waals surface area contributed by atoms with Crippen molar-refractivity contribution in [2.45, 2.75) is 88.0 Å². The molecule has 0 aliphatic carbocycles. The van der Waals surface area contributed by atoms with Gasteiger partial charge in [0.2, 0.25) is 10.9 Å². The van der Waals surface area contributed by atoms with Gasteiger partial charge in [-0.3, -0.25) is 9.59 Å². The molecule has 6 heterocycles. The monoisotopic (exact) mass is 718 g/mol. The molecule has 0 unspecified atom stereocenters. The number of pyridine rings is 4. The van der Waals surface area contributed by atoms with Crippen molar-refractivity contribution in [2.24, 2.45) is 0 Å². The molecular weight excluding hydrogens is 681 g/mol. The molecule has 0 radical (unpaired) electrons. The van der Waals surface area contributed by atoms with Crippen LogP contribution >= 0.6 is 46.2 Å². The zero-order valence-corrected chi connectivity index (χ0v) is 30.8. The molecule has 10 nitrogen and oxygen atoms in total. The second-order valence-electron chi connectivity index (χ2n) is 11.5. The number of hydrogen-bond acceptors (Lipinski definition) is 12. The summed E-state index contributed by atoms with van der Waals surface area (Å²) in [5.41, 5.74) is 4.29. The third kappa shape index (κ3) is 7.72. The molecule has 48 heavy (non-hydrogen) atoms. The summed E-state index contributed by atoms with van der Waals surface area (Å²) in [4.78, 5) is 35.6. The lowest BCUT2D eigenvalue weighted by atomic mass is 10.1. The van der Waals surface area contributed by atoms with Gasteiger partial charge in [0.05, 0.1) is 21.9 Å². The maximum absolute atomic E-state index is 13.2. The highest BCUT2D eigenvalue weighted by Gasteiger charge is 2.17. The van der Waals surface area contributed by atoms with E-state index in [2.05, 4.69) is 30.4 Å². The maximum atomic E-state index is 13.2. The third-order valence-corrected chi connectivity index (χ3v) is 12.4. The molecule has 0 saturated carbocycles. The van der Waals surface area contributed by atoms with Gasteiger partial charge < -0.3 is 9.13 Å². The highest BCUT2D eigenvalue weighted by molar-refractivity contribution is 8.01. The van der Waals surface area contributed by atoms with Gasteiger partial charge in [-0.15, -0.1) is 20.4 Å². The number of unbranched alkanes of at least 4 members (excludes halogenated alkanes) is 5. The van der Waals surface area contributed by atoms with Crippen molar-refractivity contribution in [3.63, 3.8) is 0 Å². The SMILES string of the molecule is CCn1cc(-c2nnc(SCCCCCCCCSc3nnc(-c4cn(CC)c5nc(C)ccc5c4=O)s3)s2)c(=O)c2ccc(C)nc21. The smallest absolute Gasteiger partial charge is 0.201 e. The largest absolute Gasteiger partial charge is 0.332 e. The van der Waals surface area contributed by atoms with Gasteiger partial charge >= 0.3 is 0 Å². The van der Waals surface area contributed by atoms with Crippen LogP contribution in [0.2, 0.25) is 0 Å². The maximum Gasteiger partial charge on any atom is 0.201 e. The molecule has 0 amide bonds. The number of aryl methyl sites for hydroxylation is 4. The van der Waals surface area contributed by atoms with Gasteiger partial charge in [-0.25, -0.2) is 9.97 Å². The minimum atomic E-state index is -0.0436. The lowest BCUT2D eigenvalue weighted by Gasteiger charge is -2.09. The predicted octanol–water partition coefficient (Wildman–Crippen LogP) is 8.03. The lowest BCUT2D eigenvalue weighted by molar-refractivity contribution is 0.629. The van der Waals surface area contributed by atoms with Gasteiger partial charge in [0.1, 0.15) is 11.3 Å². The highest BCUT2D eigenvalue weighted by Crippen LogP contribution is 2.31. The first-order valence-electron chi connectivity index (χ1n) is 16.3. The van der Waals surface area contributed by atoms with Crippen molar-refractivity contribution in [1.29, 1.82) is 0 Å². The molecule has 14 heteroatoms. The number of rotatable bonds is 15. The van der Waals surface area contributed by atoms with Crippen LogP contribution in [0.4, 0.5) is 0 Å². The van der Waals surface area contributed by atoms with E-state index < -0.39 is 0 Å². The van der Waals surface area contributed by atoms with Crippen LogP contribution in [-0.4, -0.2) is 51.0 Å². The van der Waals surface area contributed by atoms with E-state index in [0.29, 0.717) is 43.2 Å². The van der Waals surface area contributed by atoms with Crippen LogP contribution in [-0.2, 0) is 13.1 Å². The topological polar surface area (TPSA) is 121 Å². The molecule has 250 valence electrons. The van der Waals surface area contributed by atoms with Crippen molar-refractivity contribution < 1.29 is 0 Å². The average molecular weight is 719 g/mol. The Bertz CT molecular complexity index is 2020. The summed E-state index contributed by atoms with van der Waals surface area (Å²) in [6, 6.07) is 7.47. The number of nitrogens with zero attached hydrogens (tertiary/aromatic N) is 8. The Balaban J connectivity index is 0.906. The summed E-state index contributed by atoms with van der Waals surface area (Å²) in [5, 5.41) is 20.0. The number of hydrogen-bond donors (Lipinski definition) is 0. The van der Waals surface area contributed by atoms with E-state index >= 15 is 0 Å². The van der Waals surface area contributed by atoms with Gasteiger partial charge in [0, 0.05) is 48.4 Å². The Labute approximate surface area is 295 Å². The van der Waals surface area contributed by atoms with Crippen LogP contribution in [0.25, 0.3) is 43.2 Å². The predicted molar refractivity (Wildman–Crippen MR) is 200 cm³/mol. The molecule has 0 saturated heterocycles. The normalized spacial score (nSPS) is 11.7. The molecular formula is C34H38N8O2S4. The van der Waals surface area contributed by atoms with Crippen molar-refractivity contribution in [1.82, 2.24) is 39.5 Å². The zero-order valence-electron chi connectivity index (χ0n) is 27.6. The Morgan fingerprint density at radius 2 is 1.02 bits per heavy atom. The van der Waals surface area contributed by atoms with Crippen LogP contribution in [0.3, 0.4) is 0 Å². The second kappa shape index (κ2) is 15.8. The van der Waals surface area contributed by atoms with Crippen LogP contribution in [0.5, 0.6) is 0 Å². The van der Waals surface area contributed by atoms with Crippen LogP contribution in [0, 0.1) is 13.8 Å². The first-order chi connectivity index (χ1) is 23.4. The molecule has 6 aromatic rings. The van der Waals surface area contributed by atoms with E-state index in [1.54, 1.807) is 23.5 Å². The van der Waals surface area contributed by atoms with Crippen molar-refractivity contribution >= 4 is 68.3 Å². The standard InChI is InChI=1S/C34H38N8O2S4/c1-5-41-19-25(27(43)23-15-13-21(3)35-29(23)41)31-37-39-33(47-31)45-17-11-9-7-8-10-12-18-46-34-40-38-32(48-34)26-20-42(6-2)30-24(28(26)44)16-14-22(4)36-30/h13-16,19-20H,5-12,17-18H2,1-4H3. The molecule has 0 aliphatic rings. The van der Waals surface area contributed by atoms with Gasteiger partial charge in [-0.2, -0.15) is 0 Å². The number of thioether (sulfide) groups is 2. The van der Waals surface area contributed by atoms with Crippen LogP contribution in [0.1, 0.15) is 63.8 Å². The fraction of sp³-hybridized carbons (Fsp3) is 0.412. The van der Waals surface area contributed by atoms with Gasteiger partial charge in [-0.1, -0.05) is 71.9 Å². The zero-order chi connectivity index (χ0) is 33.6. The Kier molecular flexibility index (Phi) is 11.3. The Morgan fingerprint density at radius 3 is 1.44 bits per heavy atom. The summed E-state index contributed by atoms with van der Waals surface area (Å²) in [5.74, 6) is 1.97. The summed E-state index contributed by atoms with van der Waals surface area (Å²) in [7, 11) is 0. The molecule has 0 fully saturated rings. The van der Waals surface area contributed by atoms with Crippen molar-refractivity contribution in [2.75, 3.05) is 11.5 Å². The number of fused-ring (bicyclic) bond motifs is 2. The molecule has 0 aliphatic heterocycles. The van der Waals surface area contributed by atoms with E-state index in [-0.39, 0.29) is 10.9 Å². The molecule has 0 N–H and O–H groups in total. The summed E-state index contributed by atoms with van der Waals surface area (Å²) < 4.78 is 5.82. The van der Waals surface area contributed by atoms with E-state index in [9.17, 15) is 9.59 Å². The van der Waals surface area contributed by atoms with Gasteiger partial charge in [0.25, 0.3) is 0 Å². The minimum absolute atomic E-state index is 0.0436. The lowest BCUT2D eigenvalue weighted by Crippen LogP contribution is -2.13. The average Bonchev–Trinajstić information content (AvgIpc) is 3.76. The molecule has 0 aromatic carbocycles. The third-order valence-electron chi connectivity index (χ3n) is 8.07.